The lowest BCUT2D eigenvalue weighted by molar-refractivity contribution is 0.592. The third-order valence-corrected chi connectivity index (χ3v) is 7.73. The number of nitrogens with zero attached hydrogens (tertiary/aromatic N) is 1. The molecule has 0 amide bonds. The predicted octanol–water partition coefficient (Wildman–Crippen LogP) is 4.21. The summed E-state index contributed by atoms with van der Waals surface area (Å²) < 4.78 is 40.2. The molecule has 1 N–H and O–H groups in total. The molecular weight excluding hydrogens is 380 g/mol. The van der Waals surface area contributed by atoms with Crippen molar-refractivity contribution in [2.24, 2.45) is 0 Å². The van der Waals surface area contributed by atoms with E-state index in [4.69, 9.17) is 0 Å². The summed E-state index contributed by atoms with van der Waals surface area (Å²) >= 11 is 0. The third kappa shape index (κ3) is 6.02. The molecule has 2 aromatic rings. The van der Waals surface area contributed by atoms with Crippen LogP contribution in [0, 0.1) is 0 Å². The molecule has 0 fully saturated rings. The minimum absolute atomic E-state index is 0.167. The number of benzene rings is 2. The Bertz CT molecular complexity index is 880. The van der Waals surface area contributed by atoms with Gasteiger partial charge in [0.2, 0.25) is 0 Å². The molecule has 0 heterocycles. The van der Waals surface area contributed by atoms with E-state index in [0.717, 1.165) is 30.3 Å². The highest BCUT2D eigenvalue weighted by Crippen LogP contribution is 2.30. The maximum absolute atomic E-state index is 12.8. The molecule has 0 spiro atoms. The molecule has 0 aliphatic heterocycles. The predicted molar refractivity (Wildman–Crippen MR) is 115 cm³/mol. The fourth-order valence-corrected chi connectivity index (χ4v) is 5.97. The van der Waals surface area contributed by atoms with Crippen molar-refractivity contribution in [3.63, 3.8) is 0 Å². The van der Waals surface area contributed by atoms with Gasteiger partial charge in [-0.05, 0) is 18.6 Å². The topological polar surface area (TPSA) is 66.5 Å². The van der Waals surface area contributed by atoms with Gasteiger partial charge in [-0.15, -0.1) is 4.13 Å². The van der Waals surface area contributed by atoms with Gasteiger partial charge < -0.3 is 4.90 Å². The van der Waals surface area contributed by atoms with Crippen LogP contribution in [0.1, 0.15) is 45.4 Å². The van der Waals surface area contributed by atoms with Gasteiger partial charge >= 0.3 is 0 Å². The van der Waals surface area contributed by atoms with Gasteiger partial charge in [0, 0.05) is 36.3 Å². The summed E-state index contributed by atoms with van der Waals surface area (Å²) in [5.74, 6) is 0.346. The molecule has 0 aromatic heterocycles. The quantitative estimate of drug-likeness (QED) is 0.564. The Labute approximate surface area is 165 Å². The summed E-state index contributed by atoms with van der Waals surface area (Å²) in [4.78, 5) is 2.11. The standard InChI is InChI=1S/C20H30N2O3S2/c1-4-5-6-7-8-9-16-26(23)21-27(24,25)20-15-11-12-17-18(20)13-10-14-19(17)22(2)3/h10-15,21H,4-9,16H2,1-3H3. The Morgan fingerprint density at radius 3 is 2.26 bits per heavy atom. The second-order valence-corrected chi connectivity index (χ2v) is 10.1. The molecule has 0 aliphatic carbocycles. The van der Waals surface area contributed by atoms with Gasteiger partial charge in [0.15, 0.2) is 0 Å². The summed E-state index contributed by atoms with van der Waals surface area (Å²) in [6, 6.07) is 10.8. The second-order valence-electron chi connectivity index (χ2n) is 6.93. The van der Waals surface area contributed by atoms with Gasteiger partial charge in [-0.25, -0.2) is 12.6 Å². The molecule has 27 heavy (non-hydrogen) atoms. The highest BCUT2D eigenvalue weighted by Gasteiger charge is 2.20. The van der Waals surface area contributed by atoms with E-state index in [2.05, 4.69) is 11.1 Å². The number of hydrogen-bond donors (Lipinski definition) is 1. The SMILES string of the molecule is CCCCCCCCS(=O)NS(=O)(=O)c1cccc2c(N(C)C)cccc12. The molecule has 0 saturated carbocycles. The van der Waals surface area contributed by atoms with Crippen LogP contribution in [-0.2, 0) is 21.0 Å². The van der Waals surface area contributed by atoms with Crippen LogP contribution in [0.2, 0.25) is 0 Å². The van der Waals surface area contributed by atoms with Crippen LogP contribution in [-0.4, -0.2) is 32.5 Å². The molecule has 2 rings (SSSR count). The molecule has 0 radical (unpaired) electrons. The lowest BCUT2D eigenvalue weighted by Gasteiger charge is -2.17. The fraction of sp³-hybridized carbons (Fsp3) is 0.500. The Balaban J connectivity index is 2.10. The van der Waals surface area contributed by atoms with Crippen LogP contribution >= 0.6 is 0 Å². The summed E-state index contributed by atoms with van der Waals surface area (Å²) in [6.07, 6.45) is 6.43. The lowest BCUT2D eigenvalue weighted by atomic mass is 10.1. The Hall–Kier alpha value is -1.44. The summed E-state index contributed by atoms with van der Waals surface area (Å²) in [5.41, 5.74) is 0.942. The molecule has 7 heteroatoms. The lowest BCUT2D eigenvalue weighted by Crippen LogP contribution is -2.28. The first kappa shape index (κ1) is 21.9. The van der Waals surface area contributed by atoms with E-state index in [0.29, 0.717) is 11.1 Å². The minimum Gasteiger partial charge on any atom is -0.377 e. The summed E-state index contributed by atoms with van der Waals surface area (Å²) in [5, 5.41) is 1.49. The van der Waals surface area contributed by atoms with E-state index < -0.39 is 21.0 Å². The molecule has 0 bridgehead atoms. The number of sulfonamides is 1. The monoisotopic (exact) mass is 410 g/mol. The highest BCUT2D eigenvalue weighted by atomic mass is 32.3. The highest BCUT2D eigenvalue weighted by molar-refractivity contribution is 8.02. The smallest absolute Gasteiger partial charge is 0.252 e. The number of hydrogen-bond acceptors (Lipinski definition) is 4. The van der Waals surface area contributed by atoms with Gasteiger partial charge in [0.25, 0.3) is 10.0 Å². The van der Waals surface area contributed by atoms with E-state index in [1.807, 2.05) is 37.2 Å². The maximum Gasteiger partial charge on any atom is 0.252 e. The molecule has 0 saturated heterocycles. The number of nitrogens with one attached hydrogen (secondary N) is 1. The van der Waals surface area contributed by atoms with Crippen LogP contribution in [0.3, 0.4) is 0 Å². The number of rotatable bonds is 11. The van der Waals surface area contributed by atoms with Gasteiger partial charge in [0.05, 0.1) is 4.90 Å². The molecule has 1 unspecified atom stereocenters. The van der Waals surface area contributed by atoms with Gasteiger partial charge in [-0.2, -0.15) is 0 Å². The maximum atomic E-state index is 12.8. The molecule has 5 nitrogen and oxygen atoms in total. The molecule has 2 aromatic carbocycles. The van der Waals surface area contributed by atoms with E-state index in [-0.39, 0.29) is 4.90 Å². The second kappa shape index (κ2) is 10.2. The Morgan fingerprint density at radius 2 is 1.56 bits per heavy atom. The number of fused-ring (bicyclic) bond motifs is 1. The number of anilines is 1. The average Bonchev–Trinajstić information content (AvgIpc) is 2.63. The van der Waals surface area contributed by atoms with Crippen molar-refractivity contribution in [2.75, 3.05) is 24.7 Å². The summed E-state index contributed by atoms with van der Waals surface area (Å²) in [7, 11) is -1.61. The van der Waals surface area contributed by atoms with Gasteiger partial charge in [-0.3, -0.25) is 0 Å². The van der Waals surface area contributed by atoms with Crippen molar-refractivity contribution < 1.29 is 12.6 Å². The zero-order valence-corrected chi connectivity index (χ0v) is 18.0. The van der Waals surface area contributed by atoms with Crippen molar-refractivity contribution >= 4 is 37.5 Å². The van der Waals surface area contributed by atoms with Crippen LogP contribution in [0.15, 0.2) is 41.3 Å². The Kier molecular flexibility index (Phi) is 8.26. The first-order valence-electron chi connectivity index (χ1n) is 9.46. The molecule has 150 valence electrons. The van der Waals surface area contributed by atoms with Crippen LogP contribution in [0.4, 0.5) is 5.69 Å². The van der Waals surface area contributed by atoms with Crippen LogP contribution in [0.5, 0.6) is 0 Å². The van der Waals surface area contributed by atoms with E-state index in [9.17, 15) is 12.6 Å². The third-order valence-electron chi connectivity index (χ3n) is 4.52. The van der Waals surface area contributed by atoms with Crippen molar-refractivity contribution in [1.29, 1.82) is 0 Å². The van der Waals surface area contributed by atoms with Crippen LogP contribution in [0.25, 0.3) is 10.8 Å². The van der Waals surface area contributed by atoms with Crippen molar-refractivity contribution in [3.05, 3.63) is 36.4 Å². The zero-order valence-electron chi connectivity index (χ0n) is 16.4. The van der Waals surface area contributed by atoms with E-state index >= 15 is 0 Å². The van der Waals surface area contributed by atoms with Crippen molar-refractivity contribution in [3.8, 4) is 0 Å². The van der Waals surface area contributed by atoms with Crippen molar-refractivity contribution in [2.45, 2.75) is 50.3 Å². The van der Waals surface area contributed by atoms with E-state index in [1.54, 1.807) is 18.2 Å². The number of unbranched alkanes of at least 4 members (excludes halogenated alkanes) is 5. The van der Waals surface area contributed by atoms with Gasteiger partial charge in [0.1, 0.15) is 11.0 Å². The summed E-state index contributed by atoms with van der Waals surface area (Å²) in [6.45, 7) is 2.17. The molecular formula is C20H30N2O3S2. The molecule has 0 aliphatic rings. The zero-order chi connectivity index (χ0) is 19.9. The first-order valence-corrected chi connectivity index (χ1v) is 12.3. The minimum atomic E-state index is -3.85. The Morgan fingerprint density at radius 1 is 0.926 bits per heavy atom. The van der Waals surface area contributed by atoms with E-state index in [1.165, 1.54) is 19.3 Å². The normalized spacial score (nSPS) is 13.0. The average molecular weight is 411 g/mol. The van der Waals surface area contributed by atoms with Gasteiger partial charge in [-0.1, -0.05) is 63.3 Å². The fourth-order valence-electron chi connectivity index (χ4n) is 3.11. The van der Waals surface area contributed by atoms with Crippen LogP contribution < -0.4 is 9.03 Å². The first-order chi connectivity index (χ1) is 12.9. The molecule has 1 atom stereocenters. The van der Waals surface area contributed by atoms with Crippen molar-refractivity contribution in [1.82, 2.24) is 4.13 Å². The largest absolute Gasteiger partial charge is 0.377 e.